The molecule has 0 bridgehead atoms. The Morgan fingerprint density at radius 3 is 2.55 bits per heavy atom. The summed E-state index contributed by atoms with van der Waals surface area (Å²) in [5.41, 5.74) is 0.995. The fourth-order valence-corrected chi connectivity index (χ4v) is 2.45. The van der Waals surface area contributed by atoms with Crippen molar-refractivity contribution in [3.05, 3.63) is 48.0 Å². The minimum absolute atomic E-state index is 0.178. The molecule has 2 aromatic carbocycles. The standard InChI is InChI=1S/C18H22O2/c1-3-8-17(19)18(20-13-4-2)16-12-7-10-14-9-5-6-11-15(14)16/h5-7,9-12,18H,3-4,8,13H2,1-2H3. The summed E-state index contributed by atoms with van der Waals surface area (Å²) in [6, 6.07) is 14.2. The highest BCUT2D eigenvalue weighted by Gasteiger charge is 2.21. The molecule has 0 aliphatic carbocycles. The van der Waals surface area contributed by atoms with Gasteiger partial charge >= 0.3 is 0 Å². The number of rotatable bonds is 7. The highest BCUT2D eigenvalue weighted by Crippen LogP contribution is 2.28. The molecule has 0 aliphatic rings. The second-order valence-electron chi connectivity index (χ2n) is 5.04. The van der Waals surface area contributed by atoms with Gasteiger partial charge in [-0.3, -0.25) is 4.79 Å². The van der Waals surface area contributed by atoms with Crippen LogP contribution >= 0.6 is 0 Å². The highest BCUT2D eigenvalue weighted by atomic mass is 16.5. The second-order valence-corrected chi connectivity index (χ2v) is 5.04. The molecule has 0 radical (unpaired) electrons. The fourth-order valence-electron chi connectivity index (χ4n) is 2.45. The van der Waals surface area contributed by atoms with Crippen LogP contribution in [0, 0.1) is 0 Å². The van der Waals surface area contributed by atoms with Crippen LogP contribution in [0.25, 0.3) is 10.8 Å². The van der Waals surface area contributed by atoms with Gasteiger partial charge in [0.1, 0.15) is 6.10 Å². The molecule has 0 saturated heterocycles. The second kappa shape index (κ2) is 7.20. The third-order valence-electron chi connectivity index (χ3n) is 3.38. The summed E-state index contributed by atoms with van der Waals surface area (Å²) in [4.78, 5) is 12.4. The lowest BCUT2D eigenvalue weighted by Crippen LogP contribution is -2.16. The topological polar surface area (TPSA) is 26.3 Å². The molecule has 106 valence electrons. The normalized spacial score (nSPS) is 12.5. The third kappa shape index (κ3) is 3.26. The van der Waals surface area contributed by atoms with Crippen LogP contribution in [0.4, 0.5) is 0 Å². The van der Waals surface area contributed by atoms with Gasteiger partial charge in [0.15, 0.2) is 5.78 Å². The number of ketones is 1. The lowest BCUT2D eigenvalue weighted by atomic mass is 9.96. The van der Waals surface area contributed by atoms with Crippen LogP contribution in [0.3, 0.4) is 0 Å². The summed E-state index contributed by atoms with van der Waals surface area (Å²) in [7, 11) is 0. The van der Waals surface area contributed by atoms with E-state index in [1.807, 2.05) is 31.2 Å². The molecule has 2 aromatic rings. The quantitative estimate of drug-likeness (QED) is 0.730. The number of Topliss-reactive ketones (excluding diaryl/α,β-unsaturated/α-hetero) is 1. The van der Waals surface area contributed by atoms with Gasteiger partial charge in [-0.15, -0.1) is 0 Å². The maximum absolute atomic E-state index is 12.4. The van der Waals surface area contributed by atoms with E-state index >= 15 is 0 Å². The lowest BCUT2D eigenvalue weighted by Gasteiger charge is -2.18. The summed E-state index contributed by atoms with van der Waals surface area (Å²) in [6.07, 6.45) is 1.91. The van der Waals surface area contributed by atoms with Crippen LogP contribution in [0.15, 0.2) is 42.5 Å². The van der Waals surface area contributed by atoms with Crippen molar-refractivity contribution in [1.82, 2.24) is 0 Å². The first-order valence-corrected chi connectivity index (χ1v) is 7.39. The maximum atomic E-state index is 12.4. The van der Waals surface area contributed by atoms with Crippen molar-refractivity contribution in [3.63, 3.8) is 0 Å². The van der Waals surface area contributed by atoms with E-state index in [2.05, 4.69) is 25.1 Å². The summed E-state index contributed by atoms with van der Waals surface area (Å²) >= 11 is 0. The Hall–Kier alpha value is -1.67. The number of carbonyl (C=O) groups excluding carboxylic acids is 1. The molecule has 0 saturated carbocycles. The Bertz CT molecular complexity index is 569. The summed E-state index contributed by atoms with van der Waals surface area (Å²) in [5, 5.41) is 2.26. The third-order valence-corrected chi connectivity index (χ3v) is 3.38. The molecule has 2 heteroatoms. The van der Waals surface area contributed by atoms with E-state index in [4.69, 9.17) is 4.74 Å². The van der Waals surface area contributed by atoms with E-state index in [0.717, 1.165) is 29.2 Å². The monoisotopic (exact) mass is 270 g/mol. The van der Waals surface area contributed by atoms with Gasteiger partial charge in [0.25, 0.3) is 0 Å². The van der Waals surface area contributed by atoms with E-state index in [1.54, 1.807) is 0 Å². The van der Waals surface area contributed by atoms with Gasteiger partial charge in [-0.05, 0) is 29.2 Å². The number of hydrogen-bond donors (Lipinski definition) is 0. The number of benzene rings is 2. The Labute approximate surface area is 120 Å². The number of ether oxygens (including phenoxy) is 1. The van der Waals surface area contributed by atoms with Crippen LogP contribution < -0.4 is 0 Å². The molecule has 0 amide bonds. The van der Waals surface area contributed by atoms with Crippen LogP contribution in [-0.2, 0) is 9.53 Å². The molecular formula is C18H22O2. The predicted molar refractivity (Wildman–Crippen MR) is 82.8 cm³/mol. The Morgan fingerprint density at radius 2 is 1.80 bits per heavy atom. The van der Waals surface area contributed by atoms with E-state index in [-0.39, 0.29) is 5.78 Å². The average molecular weight is 270 g/mol. The highest BCUT2D eigenvalue weighted by molar-refractivity contribution is 5.92. The molecule has 20 heavy (non-hydrogen) atoms. The van der Waals surface area contributed by atoms with Crippen molar-refractivity contribution >= 4 is 16.6 Å². The zero-order chi connectivity index (χ0) is 14.4. The van der Waals surface area contributed by atoms with Crippen LogP contribution in [0.5, 0.6) is 0 Å². The minimum Gasteiger partial charge on any atom is -0.366 e. The smallest absolute Gasteiger partial charge is 0.166 e. The molecule has 0 fully saturated rings. The lowest BCUT2D eigenvalue weighted by molar-refractivity contribution is -0.131. The fraction of sp³-hybridized carbons (Fsp3) is 0.389. The molecule has 0 aliphatic heterocycles. The van der Waals surface area contributed by atoms with Crippen LogP contribution in [-0.4, -0.2) is 12.4 Å². The van der Waals surface area contributed by atoms with Crippen LogP contribution in [0.1, 0.15) is 44.8 Å². The Kier molecular flexibility index (Phi) is 5.31. The van der Waals surface area contributed by atoms with Gasteiger partial charge in [0.05, 0.1) is 0 Å². The van der Waals surface area contributed by atoms with E-state index in [9.17, 15) is 4.79 Å². The van der Waals surface area contributed by atoms with Gasteiger partial charge in [-0.1, -0.05) is 56.3 Å². The van der Waals surface area contributed by atoms with Gasteiger partial charge in [-0.25, -0.2) is 0 Å². The first-order valence-electron chi connectivity index (χ1n) is 7.39. The number of hydrogen-bond acceptors (Lipinski definition) is 2. The molecule has 0 aromatic heterocycles. The van der Waals surface area contributed by atoms with Crippen LogP contribution in [0.2, 0.25) is 0 Å². The molecule has 0 spiro atoms. The molecule has 0 heterocycles. The van der Waals surface area contributed by atoms with Crippen molar-refractivity contribution in [2.45, 2.75) is 39.2 Å². The summed E-state index contributed by atoms with van der Waals surface area (Å²) in [5.74, 6) is 0.178. The van der Waals surface area contributed by atoms with E-state index < -0.39 is 6.10 Å². The van der Waals surface area contributed by atoms with Gasteiger partial charge < -0.3 is 4.74 Å². The number of carbonyl (C=O) groups is 1. The van der Waals surface area contributed by atoms with Crippen molar-refractivity contribution in [1.29, 1.82) is 0 Å². The zero-order valence-corrected chi connectivity index (χ0v) is 12.3. The van der Waals surface area contributed by atoms with E-state index in [1.165, 1.54) is 0 Å². The zero-order valence-electron chi connectivity index (χ0n) is 12.3. The minimum atomic E-state index is -0.430. The van der Waals surface area contributed by atoms with Crippen molar-refractivity contribution in [2.24, 2.45) is 0 Å². The van der Waals surface area contributed by atoms with Gasteiger partial charge in [0, 0.05) is 13.0 Å². The average Bonchev–Trinajstić information content (AvgIpc) is 2.48. The van der Waals surface area contributed by atoms with Gasteiger partial charge in [-0.2, -0.15) is 0 Å². The summed E-state index contributed by atoms with van der Waals surface area (Å²) < 4.78 is 5.85. The van der Waals surface area contributed by atoms with Gasteiger partial charge in [0.2, 0.25) is 0 Å². The van der Waals surface area contributed by atoms with Crippen molar-refractivity contribution in [2.75, 3.05) is 6.61 Å². The molecule has 1 unspecified atom stereocenters. The maximum Gasteiger partial charge on any atom is 0.166 e. The molecule has 0 N–H and O–H groups in total. The molecular weight excluding hydrogens is 248 g/mol. The first-order chi connectivity index (χ1) is 9.77. The molecule has 2 nitrogen and oxygen atoms in total. The number of fused-ring (bicyclic) bond motifs is 1. The van der Waals surface area contributed by atoms with Crippen molar-refractivity contribution < 1.29 is 9.53 Å². The predicted octanol–water partition coefficient (Wildman–Crippen LogP) is 4.68. The largest absolute Gasteiger partial charge is 0.366 e. The molecule has 1 atom stereocenters. The summed E-state index contributed by atoms with van der Waals surface area (Å²) in [6.45, 7) is 4.70. The SMILES string of the molecule is CCCOC(C(=O)CCC)c1cccc2ccccc12. The van der Waals surface area contributed by atoms with Crippen molar-refractivity contribution in [3.8, 4) is 0 Å². The van der Waals surface area contributed by atoms with E-state index in [0.29, 0.717) is 13.0 Å². The molecule has 2 rings (SSSR count). The Morgan fingerprint density at radius 1 is 1.05 bits per heavy atom. The first kappa shape index (κ1) is 14.7. The Balaban J connectivity index is 2.42.